The van der Waals surface area contributed by atoms with Gasteiger partial charge in [-0.2, -0.15) is 13.2 Å². The van der Waals surface area contributed by atoms with E-state index in [4.69, 9.17) is 17.0 Å². The van der Waals surface area contributed by atoms with Crippen molar-refractivity contribution in [3.05, 3.63) is 40.8 Å². The zero-order valence-electron chi connectivity index (χ0n) is 11.4. The molecule has 1 aromatic carbocycles. The molecule has 1 N–H and O–H groups in total. The molecule has 0 aliphatic carbocycles. The number of alkyl halides is 3. The Bertz CT molecular complexity index is 678. The van der Waals surface area contributed by atoms with E-state index >= 15 is 0 Å². The molecule has 0 atom stereocenters. The summed E-state index contributed by atoms with van der Waals surface area (Å²) in [5.74, 6) is 0.644. The van der Waals surface area contributed by atoms with Crippen molar-refractivity contribution in [3.8, 4) is 17.0 Å². The predicted molar refractivity (Wildman–Crippen MR) is 75.6 cm³/mol. The van der Waals surface area contributed by atoms with Gasteiger partial charge < -0.3 is 9.72 Å². The first-order chi connectivity index (χ1) is 9.75. The number of rotatable bonds is 3. The smallest absolute Gasteiger partial charge is 0.431 e. The molecule has 0 unspecified atom stereocenters. The van der Waals surface area contributed by atoms with E-state index in [9.17, 15) is 13.2 Å². The molecule has 3 nitrogen and oxygen atoms in total. The first kappa shape index (κ1) is 15.5. The molecule has 0 aliphatic rings. The minimum absolute atomic E-state index is 0.0244. The number of ether oxygens (including phenoxy) is 1. The van der Waals surface area contributed by atoms with Crippen LogP contribution in [-0.2, 0) is 6.18 Å². The number of aromatic amines is 1. The van der Waals surface area contributed by atoms with Crippen LogP contribution >= 0.6 is 12.2 Å². The maximum absolute atomic E-state index is 12.7. The molecule has 2 aromatic rings. The predicted octanol–water partition coefficient (Wildman–Crippen LogP) is 4.61. The second kappa shape index (κ2) is 5.85. The van der Waals surface area contributed by atoms with Gasteiger partial charge in [-0.05, 0) is 56.4 Å². The molecule has 0 bridgehead atoms. The number of nitrogens with zero attached hydrogens (tertiary/aromatic N) is 1. The molecule has 2 rings (SSSR count). The highest BCUT2D eigenvalue weighted by Crippen LogP contribution is 2.30. The first-order valence-corrected chi connectivity index (χ1v) is 6.62. The summed E-state index contributed by atoms with van der Waals surface area (Å²) in [7, 11) is 0. The average molecular weight is 314 g/mol. The fourth-order valence-electron chi connectivity index (χ4n) is 1.73. The molecule has 112 valence electrons. The summed E-state index contributed by atoms with van der Waals surface area (Å²) in [6.07, 6.45) is -4.47. The van der Waals surface area contributed by atoms with Crippen LogP contribution < -0.4 is 4.74 Å². The van der Waals surface area contributed by atoms with Gasteiger partial charge in [-0.15, -0.1) is 0 Å². The molecule has 0 radical (unpaired) electrons. The fourth-order valence-corrected chi connectivity index (χ4v) is 1.94. The van der Waals surface area contributed by atoms with E-state index < -0.39 is 11.9 Å². The van der Waals surface area contributed by atoms with Gasteiger partial charge in [0.25, 0.3) is 0 Å². The van der Waals surface area contributed by atoms with Crippen LogP contribution in [0, 0.1) is 4.77 Å². The van der Waals surface area contributed by atoms with Crippen molar-refractivity contribution in [2.45, 2.75) is 26.1 Å². The van der Waals surface area contributed by atoms with Gasteiger partial charge >= 0.3 is 6.18 Å². The van der Waals surface area contributed by atoms with Gasteiger partial charge in [0.2, 0.25) is 0 Å². The van der Waals surface area contributed by atoms with Crippen molar-refractivity contribution in [2.24, 2.45) is 0 Å². The zero-order chi connectivity index (χ0) is 15.6. The Morgan fingerprint density at radius 1 is 1.19 bits per heavy atom. The van der Waals surface area contributed by atoms with Crippen molar-refractivity contribution in [3.63, 3.8) is 0 Å². The number of aromatic nitrogens is 2. The van der Waals surface area contributed by atoms with E-state index in [1.807, 2.05) is 18.8 Å². The van der Waals surface area contributed by atoms with Crippen LogP contribution in [-0.4, -0.2) is 16.1 Å². The number of H-pyrrole nitrogens is 1. The second-order valence-electron chi connectivity index (χ2n) is 4.67. The number of hydrogen-bond acceptors (Lipinski definition) is 3. The van der Waals surface area contributed by atoms with Gasteiger partial charge in [-0.1, -0.05) is 0 Å². The third kappa shape index (κ3) is 4.04. The van der Waals surface area contributed by atoms with Gasteiger partial charge in [0.15, 0.2) is 4.77 Å². The van der Waals surface area contributed by atoms with Gasteiger partial charge in [0.05, 0.1) is 11.8 Å². The summed E-state index contributed by atoms with van der Waals surface area (Å²) in [4.78, 5) is 5.98. The SMILES string of the molecule is CC(C)Oc1ccc(-c2cc(C(F)(F)F)[nH]c(=S)n2)cc1. The Morgan fingerprint density at radius 3 is 2.33 bits per heavy atom. The third-order valence-corrected chi connectivity index (χ3v) is 2.77. The standard InChI is InChI=1S/C14H13F3N2OS/c1-8(2)20-10-5-3-9(4-6-10)11-7-12(14(15,16)17)19-13(21)18-11/h3-8H,1-2H3,(H,18,19,21). The number of halogens is 3. The Kier molecular flexibility index (Phi) is 4.32. The monoisotopic (exact) mass is 314 g/mol. The average Bonchev–Trinajstić information content (AvgIpc) is 2.37. The highest BCUT2D eigenvalue weighted by Gasteiger charge is 2.32. The van der Waals surface area contributed by atoms with Gasteiger partial charge in [0.1, 0.15) is 11.4 Å². The summed E-state index contributed by atoms with van der Waals surface area (Å²) in [5, 5.41) is 0. The minimum atomic E-state index is -4.49. The van der Waals surface area contributed by atoms with E-state index in [1.165, 1.54) is 0 Å². The molecule has 0 aliphatic heterocycles. The Morgan fingerprint density at radius 2 is 1.81 bits per heavy atom. The molecular formula is C14H13F3N2OS. The number of nitrogens with one attached hydrogen (secondary N) is 1. The lowest BCUT2D eigenvalue weighted by atomic mass is 10.1. The summed E-state index contributed by atoms with van der Waals surface area (Å²) in [5.41, 5.74) is -0.209. The molecule has 7 heteroatoms. The lowest BCUT2D eigenvalue weighted by Crippen LogP contribution is -2.09. The van der Waals surface area contributed by atoms with Gasteiger partial charge in [-0.3, -0.25) is 0 Å². The Hall–Kier alpha value is -1.89. The summed E-state index contributed by atoms with van der Waals surface area (Å²) < 4.78 is 43.5. The normalized spacial score (nSPS) is 11.7. The van der Waals surface area contributed by atoms with Crippen LogP contribution in [0.25, 0.3) is 11.3 Å². The van der Waals surface area contributed by atoms with Crippen molar-refractivity contribution < 1.29 is 17.9 Å². The van der Waals surface area contributed by atoms with Crippen LogP contribution in [0.1, 0.15) is 19.5 Å². The zero-order valence-corrected chi connectivity index (χ0v) is 12.2. The fraction of sp³-hybridized carbons (Fsp3) is 0.286. The van der Waals surface area contributed by atoms with Crippen LogP contribution in [0.15, 0.2) is 30.3 Å². The van der Waals surface area contributed by atoms with E-state index in [0.29, 0.717) is 11.3 Å². The molecule has 0 spiro atoms. The molecule has 1 heterocycles. The van der Waals surface area contributed by atoms with E-state index in [0.717, 1.165) is 6.07 Å². The minimum Gasteiger partial charge on any atom is -0.491 e. The highest BCUT2D eigenvalue weighted by molar-refractivity contribution is 7.71. The topological polar surface area (TPSA) is 37.9 Å². The molecule has 0 amide bonds. The molecule has 0 saturated heterocycles. The molecule has 0 fully saturated rings. The Labute approximate surface area is 124 Å². The maximum atomic E-state index is 12.7. The molecule has 21 heavy (non-hydrogen) atoms. The van der Waals surface area contributed by atoms with Gasteiger partial charge in [0, 0.05) is 5.56 Å². The maximum Gasteiger partial charge on any atom is 0.431 e. The van der Waals surface area contributed by atoms with E-state index in [1.54, 1.807) is 24.3 Å². The number of hydrogen-bond donors (Lipinski definition) is 1. The summed E-state index contributed by atoms with van der Waals surface area (Å²) >= 11 is 4.75. The highest BCUT2D eigenvalue weighted by atomic mass is 32.1. The first-order valence-electron chi connectivity index (χ1n) is 6.21. The quantitative estimate of drug-likeness (QED) is 0.841. The van der Waals surface area contributed by atoms with E-state index in [-0.39, 0.29) is 16.6 Å². The second-order valence-corrected chi connectivity index (χ2v) is 5.06. The van der Waals surface area contributed by atoms with Crippen molar-refractivity contribution >= 4 is 12.2 Å². The van der Waals surface area contributed by atoms with E-state index in [2.05, 4.69) is 4.98 Å². The van der Waals surface area contributed by atoms with Crippen LogP contribution in [0.4, 0.5) is 13.2 Å². The molecule has 0 saturated carbocycles. The lowest BCUT2D eigenvalue weighted by Gasteiger charge is -2.11. The molecular weight excluding hydrogens is 301 g/mol. The van der Waals surface area contributed by atoms with Crippen LogP contribution in [0.2, 0.25) is 0 Å². The van der Waals surface area contributed by atoms with Crippen molar-refractivity contribution in [1.29, 1.82) is 0 Å². The van der Waals surface area contributed by atoms with Crippen molar-refractivity contribution in [1.82, 2.24) is 9.97 Å². The van der Waals surface area contributed by atoms with Gasteiger partial charge in [-0.25, -0.2) is 4.98 Å². The number of benzene rings is 1. The van der Waals surface area contributed by atoms with Crippen molar-refractivity contribution in [2.75, 3.05) is 0 Å². The third-order valence-electron chi connectivity index (χ3n) is 2.57. The van der Waals surface area contributed by atoms with Crippen LogP contribution in [0.3, 0.4) is 0 Å². The van der Waals surface area contributed by atoms with Crippen LogP contribution in [0.5, 0.6) is 5.75 Å². The molecule has 1 aromatic heterocycles. The summed E-state index contributed by atoms with van der Waals surface area (Å²) in [6, 6.07) is 7.60. The largest absolute Gasteiger partial charge is 0.491 e. The Balaban J connectivity index is 2.38. The lowest BCUT2D eigenvalue weighted by molar-refractivity contribution is -0.141. The summed E-state index contributed by atoms with van der Waals surface area (Å²) in [6.45, 7) is 3.78.